The number of rotatable bonds is 5. The van der Waals surface area contributed by atoms with E-state index in [1.165, 1.54) is 0 Å². The Kier molecular flexibility index (Phi) is 4.81. The van der Waals surface area contributed by atoms with Crippen molar-refractivity contribution >= 4 is 11.7 Å². The summed E-state index contributed by atoms with van der Waals surface area (Å²) in [6.45, 7) is 0.217. The third-order valence-corrected chi connectivity index (χ3v) is 2.88. The maximum absolute atomic E-state index is 12.3. The first-order chi connectivity index (χ1) is 10.2. The van der Waals surface area contributed by atoms with Crippen LogP contribution in [0.5, 0.6) is 0 Å². The van der Waals surface area contributed by atoms with E-state index in [2.05, 4.69) is 20.7 Å². The van der Waals surface area contributed by atoms with Crippen molar-refractivity contribution in [2.24, 2.45) is 10.9 Å². The quantitative estimate of drug-likeness (QED) is 0.322. The fourth-order valence-corrected chi connectivity index (χ4v) is 1.87. The summed E-state index contributed by atoms with van der Waals surface area (Å²) < 4.78 is 0. The van der Waals surface area contributed by atoms with Crippen LogP contribution in [0, 0.1) is 0 Å². The first kappa shape index (κ1) is 14.4. The van der Waals surface area contributed by atoms with Crippen LogP contribution in [0.2, 0.25) is 0 Å². The van der Waals surface area contributed by atoms with Crippen molar-refractivity contribution < 1.29 is 10.0 Å². The van der Waals surface area contributed by atoms with Gasteiger partial charge in [0.25, 0.3) is 0 Å². The molecule has 0 saturated heterocycles. The van der Waals surface area contributed by atoms with Crippen LogP contribution in [-0.2, 0) is 11.3 Å². The lowest BCUT2D eigenvalue weighted by molar-refractivity contribution is -0.121. The van der Waals surface area contributed by atoms with E-state index in [0.29, 0.717) is 11.3 Å². The Morgan fingerprint density at radius 1 is 1.29 bits per heavy atom. The molecule has 0 spiro atoms. The number of hydrogen-bond acceptors (Lipinski definition) is 5. The molecule has 2 aromatic rings. The summed E-state index contributed by atoms with van der Waals surface area (Å²) in [6, 6.07) is 12.3. The normalized spacial score (nSPS) is 12.7. The number of nitrogens with two attached hydrogens (primary N) is 1. The molecular weight excluding hydrogens is 270 g/mol. The number of amidine groups is 1. The monoisotopic (exact) mass is 285 g/mol. The fraction of sp³-hybridized carbons (Fsp3) is 0.143. The number of aromatic nitrogens is 2. The van der Waals surface area contributed by atoms with Gasteiger partial charge in [0.2, 0.25) is 5.91 Å². The third-order valence-electron chi connectivity index (χ3n) is 2.88. The van der Waals surface area contributed by atoms with Crippen molar-refractivity contribution in [3.05, 3.63) is 59.9 Å². The van der Waals surface area contributed by atoms with Gasteiger partial charge >= 0.3 is 0 Å². The highest BCUT2D eigenvalue weighted by molar-refractivity contribution is 6.07. The number of hydrogen-bond donors (Lipinski definition) is 3. The van der Waals surface area contributed by atoms with E-state index in [9.17, 15) is 4.79 Å². The van der Waals surface area contributed by atoms with Crippen molar-refractivity contribution in [3.8, 4) is 0 Å². The number of carbonyl (C=O) groups excluding carboxylic acids is 1. The summed E-state index contributed by atoms with van der Waals surface area (Å²) in [5.41, 5.74) is 6.90. The molecule has 1 aromatic carbocycles. The second kappa shape index (κ2) is 6.99. The maximum atomic E-state index is 12.3. The van der Waals surface area contributed by atoms with Gasteiger partial charge in [0.05, 0.1) is 12.2 Å². The van der Waals surface area contributed by atoms with E-state index in [-0.39, 0.29) is 18.3 Å². The number of amides is 1. The van der Waals surface area contributed by atoms with Crippen molar-refractivity contribution in [1.29, 1.82) is 0 Å². The van der Waals surface area contributed by atoms with Gasteiger partial charge in [-0.25, -0.2) is 0 Å². The highest BCUT2D eigenvalue weighted by Gasteiger charge is 2.25. The first-order valence-corrected chi connectivity index (χ1v) is 6.29. The Balaban J connectivity index is 2.12. The number of nitrogens with one attached hydrogen (secondary N) is 1. The molecule has 0 saturated carbocycles. The molecule has 0 aliphatic carbocycles. The molecule has 0 bridgehead atoms. The zero-order valence-electron chi connectivity index (χ0n) is 11.2. The van der Waals surface area contributed by atoms with E-state index in [0.717, 1.165) is 0 Å². The zero-order chi connectivity index (χ0) is 15.1. The lowest BCUT2D eigenvalue weighted by atomic mass is 9.97. The largest absolute Gasteiger partial charge is 0.409 e. The minimum atomic E-state index is -0.854. The molecule has 1 heterocycles. The van der Waals surface area contributed by atoms with Crippen molar-refractivity contribution in [2.45, 2.75) is 12.5 Å². The molecule has 2 rings (SSSR count). The molecule has 108 valence electrons. The van der Waals surface area contributed by atoms with Crippen LogP contribution in [0.15, 0.2) is 53.8 Å². The molecule has 21 heavy (non-hydrogen) atoms. The van der Waals surface area contributed by atoms with Gasteiger partial charge in [-0.3, -0.25) is 4.79 Å². The molecule has 1 aromatic heterocycles. The Bertz CT molecular complexity index is 616. The second-order valence-corrected chi connectivity index (χ2v) is 4.30. The Morgan fingerprint density at radius 3 is 2.67 bits per heavy atom. The molecule has 7 nitrogen and oxygen atoms in total. The van der Waals surface area contributed by atoms with Gasteiger partial charge in [0.15, 0.2) is 5.84 Å². The average Bonchev–Trinajstić information content (AvgIpc) is 2.55. The Morgan fingerprint density at radius 2 is 2.05 bits per heavy atom. The van der Waals surface area contributed by atoms with Crippen LogP contribution in [0.1, 0.15) is 17.2 Å². The van der Waals surface area contributed by atoms with Crippen LogP contribution in [0.25, 0.3) is 0 Å². The molecule has 0 aliphatic heterocycles. The SMILES string of the molecule is N/C(=N/O)C(C(=O)NCc1cccnn1)c1ccccc1. The van der Waals surface area contributed by atoms with Gasteiger partial charge in [-0.05, 0) is 17.7 Å². The van der Waals surface area contributed by atoms with Crippen LogP contribution in [-0.4, -0.2) is 27.1 Å². The molecule has 4 N–H and O–H groups in total. The topological polar surface area (TPSA) is 113 Å². The minimum absolute atomic E-state index is 0.169. The summed E-state index contributed by atoms with van der Waals surface area (Å²) in [6.07, 6.45) is 1.55. The Labute approximate surface area is 121 Å². The Hall–Kier alpha value is -2.96. The van der Waals surface area contributed by atoms with Crippen LogP contribution >= 0.6 is 0 Å². The van der Waals surface area contributed by atoms with Crippen molar-refractivity contribution in [1.82, 2.24) is 15.5 Å². The smallest absolute Gasteiger partial charge is 0.235 e. The number of carbonyl (C=O) groups is 1. The standard InChI is InChI=1S/C14H15N5O2/c15-13(19-21)12(10-5-2-1-3-6-10)14(20)16-9-11-7-4-8-17-18-11/h1-8,12,21H,9H2,(H2,15,19)(H,16,20). The summed E-state index contributed by atoms with van der Waals surface area (Å²) in [5.74, 6) is -1.40. The van der Waals surface area contributed by atoms with Gasteiger partial charge in [-0.15, -0.1) is 0 Å². The maximum Gasteiger partial charge on any atom is 0.235 e. The summed E-state index contributed by atoms with van der Waals surface area (Å²) in [5, 5.41) is 22.1. The third kappa shape index (κ3) is 3.75. The molecule has 0 fully saturated rings. The highest BCUT2D eigenvalue weighted by atomic mass is 16.4. The van der Waals surface area contributed by atoms with E-state index >= 15 is 0 Å². The van der Waals surface area contributed by atoms with E-state index < -0.39 is 5.92 Å². The van der Waals surface area contributed by atoms with Crippen LogP contribution < -0.4 is 11.1 Å². The lowest BCUT2D eigenvalue weighted by Gasteiger charge is -2.15. The van der Waals surface area contributed by atoms with Gasteiger partial charge in [0.1, 0.15) is 5.92 Å². The van der Waals surface area contributed by atoms with Gasteiger partial charge in [-0.2, -0.15) is 10.2 Å². The molecule has 7 heteroatoms. The number of oxime groups is 1. The number of benzene rings is 1. The van der Waals surface area contributed by atoms with Gasteiger partial charge < -0.3 is 16.3 Å². The van der Waals surface area contributed by atoms with Crippen LogP contribution in [0.3, 0.4) is 0 Å². The fourth-order valence-electron chi connectivity index (χ4n) is 1.87. The second-order valence-electron chi connectivity index (χ2n) is 4.30. The molecule has 1 atom stereocenters. The van der Waals surface area contributed by atoms with Crippen LogP contribution in [0.4, 0.5) is 0 Å². The summed E-state index contributed by atoms with van der Waals surface area (Å²) >= 11 is 0. The van der Waals surface area contributed by atoms with Crippen molar-refractivity contribution in [3.63, 3.8) is 0 Å². The molecule has 1 unspecified atom stereocenters. The molecular formula is C14H15N5O2. The molecule has 0 aliphatic rings. The molecule has 0 radical (unpaired) electrons. The highest BCUT2D eigenvalue weighted by Crippen LogP contribution is 2.16. The van der Waals surface area contributed by atoms with Gasteiger partial charge in [-0.1, -0.05) is 35.5 Å². The average molecular weight is 285 g/mol. The zero-order valence-corrected chi connectivity index (χ0v) is 11.2. The van der Waals surface area contributed by atoms with E-state index in [4.69, 9.17) is 10.9 Å². The lowest BCUT2D eigenvalue weighted by Crippen LogP contribution is -2.37. The van der Waals surface area contributed by atoms with Crippen molar-refractivity contribution in [2.75, 3.05) is 0 Å². The first-order valence-electron chi connectivity index (χ1n) is 6.29. The predicted octanol–water partition coefficient (Wildman–Crippen LogP) is 0.623. The summed E-state index contributed by atoms with van der Waals surface area (Å²) in [4.78, 5) is 12.3. The van der Waals surface area contributed by atoms with E-state index in [1.54, 1.807) is 42.6 Å². The van der Waals surface area contributed by atoms with E-state index in [1.807, 2.05) is 6.07 Å². The molecule has 1 amide bonds. The predicted molar refractivity (Wildman–Crippen MR) is 76.5 cm³/mol. The number of nitrogens with zero attached hydrogens (tertiary/aromatic N) is 3. The summed E-state index contributed by atoms with van der Waals surface area (Å²) in [7, 11) is 0. The van der Waals surface area contributed by atoms with Gasteiger partial charge in [0, 0.05) is 6.20 Å². The minimum Gasteiger partial charge on any atom is -0.409 e.